The number of ether oxygens (including phenoxy) is 1. The summed E-state index contributed by atoms with van der Waals surface area (Å²) >= 11 is 0. The summed E-state index contributed by atoms with van der Waals surface area (Å²) in [7, 11) is 1.60. The van der Waals surface area contributed by atoms with Crippen LogP contribution in [0, 0.1) is 13.8 Å². The zero-order valence-electron chi connectivity index (χ0n) is 14.2. The Morgan fingerprint density at radius 2 is 1.92 bits per heavy atom. The molecule has 1 heterocycles. The van der Waals surface area contributed by atoms with E-state index in [0.717, 1.165) is 16.5 Å². The van der Waals surface area contributed by atoms with Crippen LogP contribution in [0.4, 0.5) is 5.69 Å². The summed E-state index contributed by atoms with van der Waals surface area (Å²) in [6.07, 6.45) is 2.18. The number of carbonyl (C=O) groups excluding carboxylic acids is 1. The van der Waals surface area contributed by atoms with Crippen molar-refractivity contribution in [3.63, 3.8) is 0 Å². The largest absolute Gasteiger partial charge is 0.495 e. The van der Waals surface area contributed by atoms with Crippen LogP contribution in [0.25, 0.3) is 10.9 Å². The van der Waals surface area contributed by atoms with Gasteiger partial charge in [-0.2, -0.15) is 5.10 Å². The summed E-state index contributed by atoms with van der Waals surface area (Å²) in [6.45, 7) is 4.56. The van der Waals surface area contributed by atoms with Crippen molar-refractivity contribution in [2.45, 2.75) is 26.8 Å². The van der Waals surface area contributed by atoms with Crippen LogP contribution in [0.3, 0.4) is 0 Å². The molecule has 24 heavy (non-hydrogen) atoms. The zero-order valence-corrected chi connectivity index (χ0v) is 14.2. The van der Waals surface area contributed by atoms with E-state index in [1.165, 1.54) is 5.56 Å². The van der Waals surface area contributed by atoms with E-state index in [2.05, 4.69) is 22.5 Å². The highest BCUT2D eigenvalue weighted by Gasteiger charge is 2.09. The van der Waals surface area contributed by atoms with Gasteiger partial charge in [0.25, 0.3) is 0 Å². The third-order valence-corrected chi connectivity index (χ3v) is 3.98. The fourth-order valence-corrected chi connectivity index (χ4v) is 2.70. The summed E-state index contributed by atoms with van der Waals surface area (Å²) in [5, 5.41) is 8.38. The number of hydrogen-bond acceptors (Lipinski definition) is 3. The first kappa shape index (κ1) is 16.1. The van der Waals surface area contributed by atoms with E-state index in [9.17, 15) is 4.79 Å². The Morgan fingerprint density at radius 1 is 1.17 bits per heavy atom. The first-order valence-corrected chi connectivity index (χ1v) is 7.93. The Kier molecular flexibility index (Phi) is 4.51. The van der Waals surface area contributed by atoms with Crippen molar-refractivity contribution in [1.29, 1.82) is 0 Å². The Bertz CT molecular complexity index is 883. The fourth-order valence-electron chi connectivity index (χ4n) is 2.70. The van der Waals surface area contributed by atoms with E-state index in [1.807, 2.05) is 49.0 Å². The van der Waals surface area contributed by atoms with Crippen molar-refractivity contribution < 1.29 is 9.53 Å². The van der Waals surface area contributed by atoms with Gasteiger partial charge in [0, 0.05) is 11.8 Å². The first-order valence-electron chi connectivity index (χ1n) is 7.93. The van der Waals surface area contributed by atoms with Crippen LogP contribution in [0.15, 0.2) is 42.6 Å². The third kappa shape index (κ3) is 3.40. The van der Waals surface area contributed by atoms with Crippen LogP contribution in [-0.4, -0.2) is 22.8 Å². The lowest BCUT2D eigenvalue weighted by Crippen LogP contribution is -2.15. The molecule has 0 saturated carbocycles. The van der Waals surface area contributed by atoms with Crippen LogP contribution < -0.4 is 10.1 Å². The summed E-state index contributed by atoms with van der Waals surface area (Å²) in [5.41, 5.74) is 4.00. The summed E-state index contributed by atoms with van der Waals surface area (Å²) in [6, 6.07) is 11.9. The molecule has 5 nitrogen and oxygen atoms in total. The van der Waals surface area contributed by atoms with Gasteiger partial charge in [-0.05, 0) is 43.2 Å². The Hall–Kier alpha value is -2.82. The summed E-state index contributed by atoms with van der Waals surface area (Å²) in [4.78, 5) is 12.3. The van der Waals surface area contributed by atoms with Crippen molar-refractivity contribution in [3.05, 3.63) is 53.7 Å². The van der Waals surface area contributed by atoms with E-state index in [-0.39, 0.29) is 5.91 Å². The predicted octanol–water partition coefficient (Wildman–Crippen LogP) is 3.69. The number of methoxy groups -OCH3 is 1. The SMILES string of the molecule is COc1ccc(C)cc1NC(=O)CCn1ncc2ccc(C)cc21. The van der Waals surface area contributed by atoms with Gasteiger partial charge in [-0.15, -0.1) is 0 Å². The molecule has 0 fully saturated rings. The van der Waals surface area contributed by atoms with Crippen molar-refractivity contribution >= 4 is 22.5 Å². The summed E-state index contributed by atoms with van der Waals surface area (Å²) in [5.74, 6) is 0.601. The molecule has 0 radical (unpaired) electrons. The minimum absolute atomic E-state index is 0.0600. The normalized spacial score (nSPS) is 10.8. The highest BCUT2D eigenvalue weighted by Crippen LogP contribution is 2.25. The van der Waals surface area contributed by atoms with Gasteiger partial charge in [-0.25, -0.2) is 0 Å². The van der Waals surface area contributed by atoms with E-state index < -0.39 is 0 Å². The number of nitrogens with one attached hydrogen (secondary N) is 1. The molecule has 0 unspecified atom stereocenters. The second-order valence-corrected chi connectivity index (χ2v) is 5.93. The van der Waals surface area contributed by atoms with Crippen molar-refractivity contribution in [2.24, 2.45) is 0 Å². The molecule has 1 amide bonds. The zero-order chi connectivity index (χ0) is 17.1. The molecule has 1 aromatic heterocycles. The van der Waals surface area contributed by atoms with E-state index >= 15 is 0 Å². The quantitative estimate of drug-likeness (QED) is 0.779. The molecular weight excluding hydrogens is 302 g/mol. The van der Waals surface area contributed by atoms with Gasteiger partial charge in [0.15, 0.2) is 0 Å². The van der Waals surface area contributed by atoms with Gasteiger partial charge in [0.1, 0.15) is 5.75 Å². The molecule has 0 aliphatic rings. The van der Waals surface area contributed by atoms with Crippen molar-refractivity contribution in [1.82, 2.24) is 9.78 Å². The van der Waals surface area contributed by atoms with Crippen LogP contribution in [0.5, 0.6) is 5.75 Å². The molecule has 0 bridgehead atoms. The molecule has 0 saturated heterocycles. The number of hydrogen-bond donors (Lipinski definition) is 1. The lowest BCUT2D eigenvalue weighted by molar-refractivity contribution is -0.116. The molecule has 0 atom stereocenters. The number of amides is 1. The predicted molar refractivity (Wildman–Crippen MR) is 95.4 cm³/mol. The first-order chi connectivity index (χ1) is 11.6. The Morgan fingerprint density at radius 3 is 2.71 bits per heavy atom. The van der Waals surface area contributed by atoms with Gasteiger partial charge in [0.2, 0.25) is 5.91 Å². The smallest absolute Gasteiger partial charge is 0.226 e. The topological polar surface area (TPSA) is 56.1 Å². The molecule has 2 aromatic carbocycles. The lowest BCUT2D eigenvalue weighted by atomic mass is 10.2. The Balaban J connectivity index is 1.69. The standard InChI is InChI=1S/C19H21N3O2/c1-13-5-7-18(24-3)16(10-13)21-19(23)8-9-22-17-11-14(2)4-6-15(17)12-20-22/h4-7,10-12H,8-9H2,1-3H3,(H,21,23). The fraction of sp³-hybridized carbons (Fsp3) is 0.263. The number of anilines is 1. The van der Waals surface area contributed by atoms with Gasteiger partial charge >= 0.3 is 0 Å². The van der Waals surface area contributed by atoms with E-state index in [4.69, 9.17) is 4.74 Å². The van der Waals surface area contributed by atoms with E-state index in [1.54, 1.807) is 7.11 Å². The Labute approximate surface area is 141 Å². The third-order valence-electron chi connectivity index (χ3n) is 3.98. The van der Waals surface area contributed by atoms with Gasteiger partial charge in [-0.3, -0.25) is 9.48 Å². The average molecular weight is 323 g/mol. The molecule has 5 heteroatoms. The molecule has 124 valence electrons. The maximum Gasteiger partial charge on any atom is 0.226 e. The minimum atomic E-state index is -0.0600. The number of aryl methyl sites for hydroxylation is 3. The maximum absolute atomic E-state index is 12.3. The molecule has 3 aromatic rings. The van der Waals surface area contributed by atoms with Gasteiger partial charge in [0.05, 0.1) is 31.1 Å². The highest BCUT2D eigenvalue weighted by atomic mass is 16.5. The number of benzene rings is 2. The molecule has 0 aliphatic carbocycles. The van der Waals surface area contributed by atoms with E-state index in [0.29, 0.717) is 24.4 Å². The number of fused-ring (bicyclic) bond motifs is 1. The lowest BCUT2D eigenvalue weighted by Gasteiger charge is -2.11. The molecular formula is C19H21N3O2. The van der Waals surface area contributed by atoms with Crippen LogP contribution in [0.2, 0.25) is 0 Å². The number of nitrogens with zero attached hydrogens (tertiary/aromatic N) is 2. The summed E-state index contributed by atoms with van der Waals surface area (Å²) < 4.78 is 7.16. The van der Waals surface area contributed by atoms with Gasteiger partial charge in [-0.1, -0.05) is 18.2 Å². The molecule has 1 N–H and O–H groups in total. The average Bonchev–Trinajstić information content (AvgIpc) is 2.95. The second kappa shape index (κ2) is 6.74. The van der Waals surface area contributed by atoms with Crippen LogP contribution >= 0.6 is 0 Å². The second-order valence-electron chi connectivity index (χ2n) is 5.93. The molecule has 3 rings (SSSR count). The highest BCUT2D eigenvalue weighted by molar-refractivity contribution is 5.92. The minimum Gasteiger partial charge on any atom is -0.495 e. The van der Waals surface area contributed by atoms with Crippen LogP contribution in [-0.2, 0) is 11.3 Å². The molecule has 0 spiro atoms. The van der Waals surface area contributed by atoms with Crippen LogP contribution in [0.1, 0.15) is 17.5 Å². The van der Waals surface area contributed by atoms with Gasteiger partial charge < -0.3 is 10.1 Å². The number of rotatable bonds is 5. The maximum atomic E-state index is 12.3. The number of aromatic nitrogens is 2. The monoisotopic (exact) mass is 323 g/mol. The number of carbonyl (C=O) groups is 1. The molecule has 0 aliphatic heterocycles. The van der Waals surface area contributed by atoms with Crippen molar-refractivity contribution in [2.75, 3.05) is 12.4 Å². The van der Waals surface area contributed by atoms with Crippen molar-refractivity contribution in [3.8, 4) is 5.75 Å².